The maximum atomic E-state index is 12.5. The van der Waals surface area contributed by atoms with E-state index in [4.69, 9.17) is 20.3 Å². The Labute approximate surface area is 146 Å². The van der Waals surface area contributed by atoms with E-state index < -0.39 is 0 Å². The van der Waals surface area contributed by atoms with Crippen LogP contribution in [0.5, 0.6) is 11.5 Å². The van der Waals surface area contributed by atoms with Crippen molar-refractivity contribution in [2.75, 3.05) is 13.2 Å². The predicted molar refractivity (Wildman–Crippen MR) is 93.3 cm³/mol. The molecule has 5 heteroatoms. The van der Waals surface area contributed by atoms with Crippen LogP contribution >= 0.6 is 0 Å². The topological polar surface area (TPSA) is 72.5 Å². The Bertz CT molecular complexity index is 878. The maximum Gasteiger partial charge on any atom is 0.207 e. The van der Waals surface area contributed by atoms with Crippen LogP contribution in [0.25, 0.3) is 6.08 Å². The van der Waals surface area contributed by atoms with Crippen molar-refractivity contribution < 1.29 is 18.7 Å². The summed E-state index contributed by atoms with van der Waals surface area (Å²) < 4.78 is 16.1. The lowest BCUT2D eigenvalue weighted by molar-refractivity contribution is 0.103. The summed E-state index contributed by atoms with van der Waals surface area (Å²) in [6.45, 7) is 4.08. The molecule has 1 heterocycles. The van der Waals surface area contributed by atoms with Gasteiger partial charge in [-0.3, -0.25) is 4.79 Å². The van der Waals surface area contributed by atoms with E-state index in [1.807, 2.05) is 13.0 Å². The Morgan fingerprint density at radius 2 is 2.12 bits per heavy atom. The SMILES string of the molecule is C#CCOc1ccc(/C=C(\C#N)C(=O)c2ccoc2C)cc1OCC. The molecule has 5 nitrogen and oxygen atoms in total. The molecule has 0 saturated carbocycles. The van der Waals surface area contributed by atoms with E-state index >= 15 is 0 Å². The van der Waals surface area contributed by atoms with Crippen molar-refractivity contribution >= 4 is 11.9 Å². The fourth-order valence-corrected chi connectivity index (χ4v) is 2.20. The van der Waals surface area contributed by atoms with Crippen molar-refractivity contribution in [1.82, 2.24) is 0 Å². The number of terminal acetylenes is 1. The van der Waals surface area contributed by atoms with Crippen LogP contribution in [0.3, 0.4) is 0 Å². The molecule has 0 aliphatic heterocycles. The molecule has 0 atom stereocenters. The van der Waals surface area contributed by atoms with Gasteiger partial charge in [-0.1, -0.05) is 12.0 Å². The molecule has 0 saturated heterocycles. The lowest BCUT2D eigenvalue weighted by atomic mass is 10.0. The van der Waals surface area contributed by atoms with E-state index in [0.717, 1.165) is 0 Å². The summed E-state index contributed by atoms with van der Waals surface area (Å²) in [5.74, 6) is 3.48. The average molecular weight is 335 g/mol. The van der Waals surface area contributed by atoms with Gasteiger partial charge in [-0.2, -0.15) is 5.26 Å². The first-order chi connectivity index (χ1) is 12.1. The highest BCUT2D eigenvalue weighted by atomic mass is 16.5. The first-order valence-corrected chi connectivity index (χ1v) is 7.64. The molecule has 0 fully saturated rings. The second kappa shape index (κ2) is 8.42. The summed E-state index contributed by atoms with van der Waals surface area (Å²) >= 11 is 0. The summed E-state index contributed by atoms with van der Waals surface area (Å²) in [5.41, 5.74) is 1.01. The van der Waals surface area contributed by atoms with Crippen molar-refractivity contribution in [1.29, 1.82) is 5.26 Å². The van der Waals surface area contributed by atoms with E-state index in [1.165, 1.54) is 12.3 Å². The standard InChI is InChI=1S/C20H17NO4/c1-4-9-25-18-7-6-15(12-19(18)23-5-2)11-16(13-21)20(22)17-8-10-24-14(17)3/h1,6-8,10-12H,5,9H2,2-3H3/b16-11+. The van der Waals surface area contributed by atoms with Gasteiger partial charge in [-0.05, 0) is 43.7 Å². The van der Waals surface area contributed by atoms with Gasteiger partial charge in [0.05, 0.1) is 18.4 Å². The van der Waals surface area contributed by atoms with Gasteiger partial charge in [-0.15, -0.1) is 6.42 Å². The van der Waals surface area contributed by atoms with Gasteiger partial charge in [0.25, 0.3) is 0 Å². The van der Waals surface area contributed by atoms with Gasteiger partial charge in [0.15, 0.2) is 11.5 Å². The first kappa shape index (κ1) is 17.9. The number of hydrogen-bond acceptors (Lipinski definition) is 5. The fourth-order valence-electron chi connectivity index (χ4n) is 2.20. The molecular weight excluding hydrogens is 318 g/mol. The molecule has 0 amide bonds. The number of benzene rings is 1. The summed E-state index contributed by atoms with van der Waals surface area (Å²) in [4.78, 5) is 12.5. The van der Waals surface area contributed by atoms with Crippen molar-refractivity contribution in [2.24, 2.45) is 0 Å². The molecule has 126 valence electrons. The molecule has 0 aliphatic carbocycles. The number of nitrogens with zero attached hydrogens (tertiary/aromatic N) is 1. The number of allylic oxidation sites excluding steroid dienone is 1. The number of nitriles is 1. The molecule has 0 aliphatic rings. The smallest absolute Gasteiger partial charge is 0.207 e. The van der Waals surface area contributed by atoms with E-state index in [0.29, 0.717) is 35.0 Å². The molecule has 0 bridgehead atoms. The van der Waals surface area contributed by atoms with E-state index in [1.54, 1.807) is 31.2 Å². The third-order valence-electron chi connectivity index (χ3n) is 3.36. The third-order valence-corrected chi connectivity index (χ3v) is 3.36. The molecule has 0 spiro atoms. The third kappa shape index (κ3) is 4.31. The fraction of sp³-hybridized carbons (Fsp3) is 0.200. The van der Waals surface area contributed by atoms with Crippen molar-refractivity contribution in [3.8, 4) is 29.9 Å². The monoisotopic (exact) mass is 335 g/mol. The Morgan fingerprint density at radius 3 is 2.72 bits per heavy atom. The maximum absolute atomic E-state index is 12.5. The first-order valence-electron chi connectivity index (χ1n) is 7.64. The normalized spacial score (nSPS) is 10.6. The van der Waals surface area contributed by atoms with E-state index in [-0.39, 0.29) is 18.0 Å². The van der Waals surface area contributed by atoms with Crippen LogP contribution in [0.2, 0.25) is 0 Å². The van der Waals surface area contributed by atoms with Gasteiger partial charge < -0.3 is 13.9 Å². The zero-order valence-corrected chi connectivity index (χ0v) is 14.0. The number of furan rings is 1. The zero-order valence-electron chi connectivity index (χ0n) is 14.0. The summed E-state index contributed by atoms with van der Waals surface area (Å²) in [7, 11) is 0. The highest BCUT2D eigenvalue weighted by molar-refractivity contribution is 6.14. The van der Waals surface area contributed by atoms with Gasteiger partial charge in [0.1, 0.15) is 24.0 Å². The Hall–Kier alpha value is -3.44. The van der Waals surface area contributed by atoms with Gasteiger partial charge >= 0.3 is 0 Å². The Balaban J connectivity index is 2.36. The minimum absolute atomic E-state index is 0.00393. The number of carbonyl (C=O) groups is 1. The van der Waals surface area contributed by atoms with E-state index in [2.05, 4.69) is 5.92 Å². The van der Waals surface area contributed by atoms with Gasteiger partial charge in [0, 0.05) is 0 Å². The summed E-state index contributed by atoms with van der Waals surface area (Å²) in [5, 5.41) is 9.34. The number of carbonyl (C=O) groups excluding carboxylic acids is 1. The van der Waals surface area contributed by atoms with Crippen LogP contribution < -0.4 is 9.47 Å². The molecule has 2 rings (SSSR count). The number of rotatable bonds is 7. The van der Waals surface area contributed by atoms with Crippen LogP contribution in [0.15, 0.2) is 40.5 Å². The summed E-state index contributed by atoms with van der Waals surface area (Å²) in [6.07, 6.45) is 8.12. The highest BCUT2D eigenvalue weighted by Crippen LogP contribution is 2.29. The second-order valence-electron chi connectivity index (χ2n) is 5.02. The van der Waals surface area contributed by atoms with Crippen LogP contribution in [0.4, 0.5) is 0 Å². The Morgan fingerprint density at radius 1 is 1.32 bits per heavy atom. The lowest BCUT2D eigenvalue weighted by Crippen LogP contribution is -2.02. The molecule has 25 heavy (non-hydrogen) atoms. The number of aryl methyl sites for hydroxylation is 1. The van der Waals surface area contributed by atoms with E-state index in [9.17, 15) is 10.1 Å². The number of hydrogen-bond donors (Lipinski definition) is 0. The Kier molecular flexibility index (Phi) is 6.03. The minimum atomic E-state index is -0.389. The van der Waals surface area contributed by atoms with Crippen molar-refractivity contribution in [3.63, 3.8) is 0 Å². The quantitative estimate of drug-likeness (QED) is 0.333. The van der Waals surface area contributed by atoms with Crippen LogP contribution in [-0.2, 0) is 0 Å². The summed E-state index contributed by atoms with van der Waals surface area (Å²) in [6, 6.07) is 8.60. The molecule has 0 unspecified atom stereocenters. The minimum Gasteiger partial charge on any atom is -0.490 e. The van der Waals surface area contributed by atoms with Crippen LogP contribution in [0, 0.1) is 30.6 Å². The molecule has 2 aromatic rings. The average Bonchev–Trinajstić information content (AvgIpc) is 3.04. The number of ether oxygens (including phenoxy) is 2. The lowest BCUT2D eigenvalue weighted by Gasteiger charge is -2.11. The molecule has 0 N–H and O–H groups in total. The predicted octanol–water partition coefficient (Wildman–Crippen LogP) is 3.79. The molecule has 0 radical (unpaired) electrons. The molecule has 1 aromatic carbocycles. The van der Waals surface area contributed by atoms with Gasteiger partial charge in [-0.25, -0.2) is 0 Å². The van der Waals surface area contributed by atoms with Gasteiger partial charge in [0.2, 0.25) is 5.78 Å². The molecule has 1 aromatic heterocycles. The van der Waals surface area contributed by atoms with Crippen molar-refractivity contribution in [3.05, 3.63) is 53.0 Å². The number of Topliss-reactive ketones (excluding diaryl/α,β-unsaturated/α-hetero) is 1. The zero-order chi connectivity index (χ0) is 18.2. The molecular formula is C20H17NO4. The largest absolute Gasteiger partial charge is 0.490 e. The highest BCUT2D eigenvalue weighted by Gasteiger charge is 2.17. The van der Waals surface area contributed by atoms with Crippen LogP contribution in [0.1, 0.15) is 28.6 Å². The second-order valence-corrected chi connectivity index (χ2v) is 5.02. The number of ketones is 1. The van der Waals surface area contributed by atoms with Crippen molar-refractivity contribution in [2.45, 2.75) is 13.8 Å². The van der Waals surface area contributed by atoms with Crippen LogP contribution in [-0.4, -0.2) is 19.0 Å².